The van der Waals surface area contributed by atoms with Gasteiger partial charge in [0.1, 0.15) is 0 Å². The van der Waals surface area contributed by atoms with E-state index in [0.717, 1.165) is 0 Å². The Morgan fingerprint density at radius 2 is 2.42 bits per heavy atom. The van der Waals surface area contributed by atoms with Crippen LogP contribution in [-0.2, 0) is 6.54 Å². The van der Waals surface area contributed by atoms with Crippen molar-refractivity contribution in [2.75, 3.05) is 0 Å². The lowest BCUT2D eigenvalue weighted by Gasteiger charge is -2.25. The van der Waals surface area contributed by atoms with Gasteiger partial charge in [-0.1, -0.05) is 11.6 Å². The van der Waals surface area contributed by atoms with Crippen LogP contribution in [0.1, 0.15) is 31.0 Å². The highest BCUT2D eigenvalue weighted by Gasteiger charge is 2.17. The second-order valence-corrected chi connectivity index (χ2v) is 3.24. The maximum Gasteiger partial charge on any atom is 0.240 e. The molecule has 1 heterocycles. The molecule has 4 heteroatoms. The monoisotopic (exact) mass is 167 g/mol. The number of nitrogens with one attached hydrogen (secondary N) is 1. The van der Waals surface area contributed by atoms with Crippen molar-refractivity contribution >= 4 is 0 Å². The number of aryl methyl sites for hydroxylation is 1. The van der Waals surface area contributed by atoms with Crippen molar-refractivity contribution in [2.24, 2.45) is 0 Å². The zero-order valence-electron chi connectivity index (χ0n) is 7.21. The number of aromatic nitrogens is 2. The summed E-state index contributed by atoms with van der Waals surface area (Å²) in [6.45, 7) is 2.54. The van der Waals surface area contributed by atoms with Crippen molar-refractivity contribution in [3.63, 3.8) is 0 Å². The van der Waals surface area contributed by atoms with Crippen LogP contribution in [0, 0.1) is 6.92 Å². The minimum Gasteiger partial charge on any atom is -0.338 e. The number of rotatable bonds is 3. The van der Waals surface area contributed by atoms with Gasteiger partial charge in [-0.15, -0.1) is 0 Å². The Balaban J connectivity index is 1.79. The molecule has 1 saturated carbocycles. The van der Waals surface area contributed by atoms with Gasteiger partial charge in [-0.2, -0.15) is 4.98 Å². The molecule has 1 aliphatic carbocycles. The highest BCUT2D eigenvalue weighted by atomic mass is 16.5. The van der Waals surface area contributed by atoms with Crippen LogP contribution in [0.2, 0.25) is 0 Å². The summed E-state index contributed by atoms with van der Waals surface area (Å²) in [5, 5.41) is 7.06. The van der Waals surface area contributed by atoms with Gasteiger partial charge in [-0.3, -0.25) is 0 Å². The Kier molecular flexibility index (Phi) is 2.08. The summed E-state index contributed by atoms with van der Waals surface area (Å²) in [6, 6.07) is 0.678. The quantitative estimate of drug-likeness (QED) is 0.730. The van der Waals surface area contributed by atoms with E-state index in [1.165, 1.54) is 19.3 Å². The third-order valence-corrected chi connectivity index (χ3v) is 2.22. The summed E-state index contributed by atoms with van der Waals surface area (Å²) in [6.07, 6.45) is 3.92. The van der Waals surface area contributed by atoms with Crippen molar-refractivity contribution in [2.45, 2.75) is 38.8 Å². The van der Waals surface area contributed by atoms with Gasteiger partial charge in [0.2, 0.25) is 5.89 Å². The van der Waals surface area contributed by atoms with Gasteiger partial charge >= 0.3 is 0 Å². The normalized spacial score (nSPS) is 17.8. The van der Waals surface area contributed by atoms with Crippen LogP contribution in [0.25, 0.3) is 0 Å². The van der Waals surface area contributed by atoms with Crippen LogP contribution >= 0.6 is 0 Å². The molecule has 1 aliphatic rings. The third-order valence-electron chi connectivity index (χ3n) is 2.22. The molecule has 0 amide bonds. The Morgan fingerprint density at radius 1 is 1.58 bits per heavy atom. The molecule has 0 spiro atoms. The lowest BCUT2D eigenvalue weighted by Crippen LogP contribution is -2.34. The van der Waals surface area contributed by atoms with Gasteiger partial charge in [0.15, 0.2) is 5.82 Å². The number of nitrogens with zero attached hydrogens (tertiary/aromatic N) is 2. The molecule has 1 aromatic heterocycles. The van der Waals surface area contributed by atoms with E-state index >= 15 is 0 Å². The molecule has 0 saturated heterocycles. The first-order valence-corrected chi connectivity index (χ1v) is 4.37. The summed E-state index contributed by atoms with van der Waals surface area (Å²) in [5.41, 5.74) is 0. The zero-order chi connectivity index (χ0) is 8.39. The van der Waals surface area contributed by atoms with Crippen LogP contribution in [-0.4, -0.2) is 16.2 Å². The molecule has 0 bridgehead atoms. The third kappa shape index (κ3) is 1.64. The molecule has 0 radical (unpaired) electrons. The molecule has 0 aromatic carbocycles. The molecule has 4 nitrogen and oxygen atoms in total. The largest absolute Gasteiger partial charge is 0.338 e. The summed E-state index contributed by atoms with van der Waals surface area (Å²) in [5.74, 6) is 1.40. The summed E-state index contributed by atoms with van der Waals surface area (Å²) >= 11 is 0. The van der Waals surface area contributed by atoms with E-state index in [9.17, 15) is 0 Å². The van der Waals surface area contributed by atoms with E-state index in [1.807, 2.05) is 6.92 Å². The van der Waals surface area contributed by atoms with Crippen LogP contribution in [0.15, 0.2) is 4.52 Å². The van der Waals surface area contributed by atoms with Gasteiger partial charge < -0.3 is 9.84 Å². The molecule has 66 valence electrons. The smallest absolute Gasteiger partial charge is 0.240 e. The molecule has 1 fully saturated rings. The molecule has 12 heavy (non-hydrogen) atoms. The highest BCUT2D eigenvalue weighted by molar-refractivity contribution is 4.84. The molecule has 1 N–H and O–H groups in total. The first-order valence-electron chi connectivity index (χ1n) is 4.37. The maximum atomic E-state index is 4.96. The minimum absolute atomic E-state index is 0.678. The van der Waals surface area contributed by atoms with E-state index in [1.54, 1.807) is 0 Å². The predicted molar refractivity (Wildman–Crippen MR) is 43.5 cm³/mol. The standard InChI is InChI=1S/C8H13N3O/c1-6-10-8(12-11-6)5-9-7-3-2-4-7/h7,9H,2-5H2,1H3. The molecule has 0 atom stereocenters. The summed E-state index contributed by atoms with van der Waals surface area (Å²) in [7, 11) is 0. The fourth-order valence-corrected chi connectivity index (χ4v) is 1.26. The number of hydrogen-bond acceptors (Lipinski definition) is 4. The van der Waals surface area contributed by atoms with Crippen molar-refractivity contribution in [1.82, 2.24) is 15.5 Å². The van der Waals surface area contributed by atoms with Gasteiger partial charge in [0, 0.05) is 6.04 Å². The average Bonchev–Trinajstić information content (AvgIpc) is 2.32. The number of hydrogen-bond donors (Lipinski definition) is 1. The van der Waals surface area contributed by atoms with Gasteiger partial charge in [0.25, 0.3) is 0 Å². The van der Waals surface area contributed by atoms with E-state index < -0.39 is 0 Å². The van der Waals surface area contributed by atoms with E-state index in [0.29, 0.717) is 24.3 Å². The first kappa shape index (κ1) is 7.73. The minimum atomic E-state index is 0.678. The topological polar surface area (TPSA) is 51.0 Å². The molecular formula is C8H13N3O. The second kappa shape index (κ2) is 3.23. The van der Waals surface area contributed by atoms with Crippen molar-refractivity contribution < 1.29 is 4.52 Å². The van der Waals surface area contributed by atoms with Crippen molar-refractivity contribution in [3.05, 3.63) is 11.7 Å². The highest BCUT2D eigenvalue weighted by Crippen LogP contribution is 2.18. The molecule has 0 unspecified atom stereocenters. The molecular weight excluding hydrogens is 154 g/mol. The SMILES string of the molecule is Cc1noc(CNC2CCC2)n1. The lowest BCUT2D eigenvalue weighted by atomic mass is 9.93. The Hall–Kier alpha value is -0.900. The van der Waals surface area contributed by atoms with Gasteiger partial charge in [0.05, 0.1) is 6.54 Å². The lowest BCUT2D eigenvalue weighted by molar-refractivity contribution is 0.304. The Morgan fingerprint density at radius 3 is 2.92 bits per heavy atom. The van der Waals surface area contributed by atoms with E-state index in [4.69, 9.17) is 4.52 Å². The summed E-state index contributed by atoms with van der Waals surface area (Å²) in [4.78, 5) is 4.10. The molecule has 0 aliphatic heterocycles. The fourth-order valence-electron chi connectivity index (χ4n) is 1.26. The van der Waals surface area contributed by atoms with Gasteiger partial charge in [-0.25, -0.2) is 0 Å². The van der Waals surface area contributed by atoms with E-state index in [-0.39, 0.29) is 0 Å². The average molecular weight is 167 g/mol. The predicted octanol–water partition coefficient (Wildman–Crippen LogP) is 1.02. The molecule has 2 rings (SSSR count). The van der Waals surface area contributed by atoms with Crippen LogP contribution in [0.5, 0.6) is 0 Å². The Bertz CT molecular complexity index is 255. The molecule has 1 aromatic rings. The second-order valence-electron chi connectivity index (χ2n) is 3.24. The Labute approximate surface area is 71.4 Å². The van der Waals surface area contributed by atoms with Crippen LogP contribution in [0.4, 0.5) is 0 Å². The maximum absolute atomic E-state index is 4.96. The summed E-state index contributed by atoms with van der Waals surface area (Å²) < 4.78 is 4.96. The van der Waals surface area contributed by atoms with Crippen molar-refractivity contribution in [1.29, 1.82) is 0 Å². The van der Waals surface area contributed by atoms with Crippen molar-refractivity contribution in [3.8, 4) is 0 Å². The van der Waals surface area contributed by atoms with E-state index in [2.05, 4.69) is 15.5 Å². The van der Waals surface area contributed by atoms with Gasteiger partial charge in [-0.05, 0) is 19.8 Å². The fraction of sp³-hybridized carbons (Fsp3) is 0.750. The van der Waals surface area contributed by atoms with Crippen LogP contribution in [0.3, 0.4) is 0 Å². The van der Waals surface area contributed by atoms with Crippen LogP contribution < -0.4 is 5.32 Å². The zero-order valence-corrected chi connectivity index (χ0v) is 7.21. The first-order chi connectivity index (χ1) is 5.84.